The SMILES string of the molecule is Cc1cc(Br)cc(-c2n[nH]c(S(N)(=O)=O)n2)c1. The summed E-state index contributed by atoms with van der Waals surface area (Å²) in [5.41, 5.74) is 1.72. The average molecular weight is 317 g/mol. The number of nitrogens with one attached hydrogen (secondary N) is 1. The molecule has 0 saturated carbocycles. The first-order valence-electron chi connectivity index (χ1n) is 4.59. The highest BCUT2D eigenvalue weighted by Crippen LogP contribution is 2.22. The maximum absolute atomic E-state index is 11.0. The standard InChI is InChI=1S/C9H9BrN4O2S/c1-5-2-6(4-7(10)3-5)8-12-9(14-13-8)17(11,15)16/h2-4H,1H3,(H2,11,15,16)(H,12,13,14). The fourth-order valence-corrected chi connectivity index (χ4v) is 2.36. The zero-order chi connectivity index (χ0) is 12.6. The molecular weight excluding hydrogens is 308 g/mol. The van der Waals surface area contributed by atoms with Gasteiger partial charge in [-0.2, -0.15) is 10.1 Å². The molecule has 0 aliphatic rings. The monoisotopic (exact) mass is 316 g/mol. The lowest BCUT2D eigenvalue weighted by Crippen LogP contribution is -2.13. The molecule has 0 atom stereocenters. The summed E-state index contributed by atoms with van der Waals surface area (Å²) >= 11 is 3.35. The van der Waals surface area contributed by atoms with Gasteiger partial charge in [-0.05, 0) is 30.7 Å². The van der Waals surface area contributed by atoms with Gasteiger partial charge in [0.2, 0.25) is 0 Å². The molecule has 0 radical (unpaired) electrons. The van der Waals surface area contributed by atoms with Gasteiger partial charge in [0.15, 0.2) is 5.82 Å². The molecule has 2 aromatic rings. The van der Waals surface area contributed by atoms with Gasteiger partial charge in [0.1, 0.15) is 0 Å². The normalized spacial score (nSPS) is 11.7. The van der Waals surface area contributed by atoms with E-state index in [1.165, 1.54) is 0 Å². The summed E-state index contributed by atoms with van der Waals surface area (Å²) in [6, 6.07) is 5.57. The molecule has 0 amide bonds. The smallest absolute Gasteiger partial charge is 0.248 e. The molecule has 0 saturated heterocycles. The molecule has 17 heavy (non-hydrogen) atoms. The van der Waals surface area contributed by atoms with Crippen LogP contribution in [0.3, 0.4) is 0 Å². The second kappa shape index (κ2) is 4.21. The summed E-state index contributed by atoms with van der Waals surface area (Å²) in [5.74, 6) is 0.290. The number of hydrogen-bond donors (Lipinski definition) is 2. The van der Waals surface area contributed by atoms with E-state index < -0.39 is 10.0 Å². The van der Waals surface area contributed by atoms with Crippen molar-refractivity contribution in [1.82, 2.24) is 15.2 Å². The van der Waals surface area contributed by atoms with E-state index in [2.05, 4.69) is 31.1 Å². The van der Waals surface area contributed by atoms with Crippen molar-refractivity contribution >= 4 is 26.0 Å². The molecule has 1 heterocycles. The third-order valence-electron chi connectivity index (χ3n) is 2.03. The van der Waals surface area contributed by atoms with Crippen LogP contribution in [0.25, 0.3) is 11.4 Å². The maximum Gasteiger partial charge on any atom is 0.273 e. The number of sulfonamides is 1. The minimum atomic E-state index is -3.85. The minimum Gasteiger partial charge on any atom is -0.248 e. The zero-order valence-electron chi connectivity index (χ0n) is 8.81. The number of hydrogen-bond acceptors (Lipinski definition) is 4. The Labute approximate surface area is 106 Å². The van der Waals surface area contributed by atoms with Gasteiger partial charge in [0.25, 0.3) is 15.2 Å². The van der Waals surface area contributed by atoms with Crippen LogP contribution in [-0.4, -0.2) is 23.6 Å². The van der Waals surface area contributed by atoms with Gasteiger partial charge < -0.3 is 0 Å². The van der Waals surface area contributed by atoms with Crippen LogP contribution in [0, 0.1) is 6.92 Å². The number of nitrogens with zero attached hydrogens (tertiary/aromatic N) is 2. The zero-order valence-corrected chi connectivity index (χ0v) is 11.2. The lowest BCUT2D eigenvalue weighted by atomic mass is 10.1. The number of H-pyrrole nitrogens is 1. The van der Waals surface area contributed by atoms with Crippen molar-refractivity contribution in [2.45, 2.75) is 12.1 Å². The number of primary sulfonamides is 1. The number of rotatable bonds is 2. The highest BCUT2D eigenvalue weighted by atomic mass is 79.9. The quantitative estimate of drug-likeness (QED) is 0.868. The van der Waals surface area contributed by atoms with Gasteiger partial charge in [-0.3, -0.25) is 0 Å². The van der Waals surface area contributed by atoms with E-state index in [0.717, 1.165) is 10.0 Å². The van der Waals surface area contributed by atoms with Gasteiger partial charge in [0.05, 0.1) is 0 Å². The number of aromatic nitrogens is 3. The Morgan fingerprint density at radius 3 is 2.59 bits per heavy atom. The summed E-state index contributed by atoms with van der Waals surface area (Å²) in [5, 5.41) is 10.7. The molecule has 0 spiro atoms. The van der Waals surface area contributed by atoms with Crippen LogP contribution in [0.2, 0.25) is 0 Å². The van der Waals surface area contributed by atoms with Crippen LogP contribution in [0.5, 0.6) is 0 Å². The lowest BCUT2D eigenvalue weighted by Gasteiger charge is -1.99. The first-order valence-corrected chi connectivity index (χ1v) is 6.93. The second-order valence-corrected chi connectivity index (χ2v) is 5.92. The van der Waals surface area contributed by atoms with Crippen LogP contribution in [-0.2, 0) is 10.0 Å². The van der Waals surface area contributed by atoms with Gasteiger partial charge in [0, 0.05) is 10.0 Å². The van der Waals surface area contributed by atoms with Crippen molar-refractivity contribution in [1.29, 1.82) is 0 Å². The molecule has 0 fully saturated rings. The largest absolute Gasteiger partial charge is 0.273 e. The van der Waals surface area contributed by atoms with E-state index in [4.69, 9.17) is 5.14 Å². The van der Waals surface area contributed by atoms with Crippen LogP contribution in [0.1, 0.15) is 5.56 Å². The van der Waals surface area contributed by atoms with Gasteiger partial charge >= 0.3 is 0 Å². The Morgan fingerprint density at radius 1 is 1.35 bits per heavy atom. The van der Waals surface area contributed by atoms with Crippen molar-refractivity contribution < 1.29 is 8.42 Å². The Kier molecular flexibility index (Phi) is 3.02. The number of aromatic amines is 1. The number of halogens is 1. The first kappa shape index (κ1) is 12.2. The summed E-state index contributed by atoms with van der Waals surface area (Å²) < 4.78 is 23.0. The molecular formula is C9H9BrN4O2S. The van der Waals surface area contributed by atoms with Gasteiger partial charge in [-0.25, -0.2) is 18.7 Å². The van der Waals surface area contributed by atoms with E-state index in [1.807, 2.05) is 19.1 Å². The van der Waals surface area contributed by atoms with Crippen LogP contribution in [0.15, 0.2) is 27.8 Å². The van der Waals surface area contributed by atoms with Crippen molar-refractivity contribution in [3.63, 3.8) is 0 Å². The minimum absolute atomic E-state index is 0.290. The van der Waals surface area contributed by atoms with E-state index in [9.17, 15) is 8.42 Å². The van der Waals surface area contributed by atoms with Crippen molar-refractivity contribution in [2.24, 2.45) is 5.14 Å². The molecule has 0 unspecified atom stereocenters. The Balaban J connectivity index is 2.51. The third-order valence-corrected chi connectivity index (χ3v) is 3.21. The summed E-state index contributed by atoms with van der Waals surface area (Å²) in [4.78, 5) is 3.83. The van der Waals surface area contributed by atoms with Crippen LogP contribution in [0.4, 0.5) is 0 Å². The van der Waals surface area contributed by atoms with E-state index in [-0.39, 0.29) is 5.16 Å². The fourth-order valence-electron chi connectivity index (χ4n) is 1.37. The van der Waals surface area contributed by atoms with Crippen molar-refractivity contribution in [3.8, 4) is 11.4 Å². The predicted molar refractivity (Wildman–Crippen MR) is 65.6 cm³/mol. The fraction of sp³-hybridized carbons (Fsp3) is 0.111. The van der Waals surface area contributed by atoms with Crippen molar-refractivity contribution in [2.75, 3.05) is 0 Å². The second-order valence-electron chi connectivity index (χ2n) is 3.53. The lowest BCUT2D eigenvalue weighted by molar-refractivity contribution is 0.589. The first-order chi connectivity index (χ1) is 7.86. The van der Waals surface area contributed by atoms with Crippen molar-refractivity contribution in [3.05, 3.63) is 28.2 Å². The molecule has 0 aliphatic heterocycles. The maximum atomic E-state index is 11.0. The topological polar surface area (TPSA) is 102 Å². The summed E-state index contributed by atoms with van der Waals surface area (Å²) in [6.07, 6.45) is 0. The highest BCUT2D eigenvalue weighted by Gasteiger charge is 2.15. The Hall–Kier alpha value is -1.25. The molecule has 3 N–H and O–H groups in total. The Bertz CT molecular complexity index is 645. The molecule has 6 nitrogen and oxygen atoms in total. The molecule has 90 valence electrons. The predicted octanol–water partition coefficient (Wildman–Crippen LogP) is 1.19. The molecule has 1 aromatic carbocycles. The summed E-state index contributed by atoms with van der Waals surface area (Å²) in [7, 11) is -3.85. The Morgan fingerprint density at radius 2 is 2.06 bits per heavy atom. The van der Waals surface area contributed by atoms with Gasteiger partial charge in [-0.15, -0.1) is 0 Å². The average Bonchev–Trinajstić information content (AvgIpc) is 2.63. The van der Waals surface area contributed by atoms with E-state index in [0.29, 0.717) is 11.4 Å². The van der Waals surface area contributed by atoms with Crippen LogP contribution >= 0.6 is 15.9 Å². The van der Waals surface area contributed by atoms with E-state index >= 15 is 0 Å². The molecule has 0 bridgehead atoms. The number of aryl methyl sites for hydroxylation is 1. The number of nitrogens with two attached hydrogens (primary N) is 1. The molecule has 1 aromatic heterocycles. The highest BCUT2D eigenvalue weighted by molar-refractivity contribution is 9.10. The van der Waals surface area contributed by atoms with E-state index in [1.54, 1.807) is 6.07 Å². The third kappa shape index (κ3) is 2.71. The van der Waals surface area contributed by atoms with Gasteiger partial charge in [-0.1, -0.05) is 15.9 Å². The molecule has 8 heteroatoms. The summed E-state index contributed by atoms with van der Waals surface area (Å²) in [6.45, 7) is 1.92. The number of benzene rings is 1. The van der Waals surface area contributed by atoms with Crippen LogP contribution < -0.4 is 5.14 Å². The molecule has 0 aliphatic carbocycles. The molecule has 2 rings (SSSR count).